The van der Waals surface area contributed by atoms with Crippen LogP contribution in [-0.4, -0.2) is 30.9 Å². The number of benzene rings is 1. The van der Waals surface area contributed by atoms with Gasteiger partial charge in [0.25, 0.3) is 0 Å². The van der Waals surface area contributed by atoms with E-state index in [1.54, 1.807) is 31.2 Å². The van der Waals surface area contributed by atoms with Crippen molar-refractivity contribution in [3.8, 4) is 0 Å². The van der Waals surface area contributed by atoms with Crippen molar-refractivity contribution in [2.75, 3.05) is 29.1 Å². The number of fused-ring (bicyclic) bond motifs is 1. The van der Waals surface area contributed by atoms with Gasteiger partial charge in [-0.1, -0.05) is 0 Å². The molecule has 1 aliphatic rings. The average molecular weight is 401 g/mol. The van der Waals surface area contributed by atoms with Gasteiger partial charge in [0.1, 0.15) is 5.00 Å². The van der Waals surface area contributed by atoms with E-state index < -0.39 is 0 Å². The molecule has 3 N–H and O–H groups in total. The number of thiophene rings is 1. The fourth-order valence-corrected chi connectivity index (χ4v) is 4.43. The molecule has 0 saturated heterocycles. The Balaban J connectivity index is 1.62. The first-order chi connectivity index (χ1) is 13.5. The number of hydrogen-bond donors (Lipinski definition) is 3. The van der Waals surface area contributed by atoms with Crippen molar-refractivity contribution in [3.63, 3.8) is 0 Å². The van der Waals surface area contributed by atoms with Crippen LogP contribution in [0.25, 0.3) is 0 Å². The van der Waals surface area contributed by atoms with Gasteiger partial charge in [-0.25, -0.2) is 4.79 Å². The molecular formula is C20H23N3O4S. The Morgan fingerprint density at radius 2 is 1.79 bits per heavy atom. The van der Waals surface area contributed by atoms with Gasteiger partial charge in [0.15, 0.2) is 0 Å². The van der Waals surface area contributed by atoms with E-state index in [9.17, 15) is 14.4 Å². The van der Waals surface area contributed by atoms with Crippen molar-refractivity contribution in [2.45, 2.75) is 33.1 Å². The van der Waals surface area contributed by atoms with Crippen LogP contribution in [0.15, 0.2) is 24.3 Å². The highest BCUT2D eigenvalue weighted by molar-refractivity contribution is 7.17. The van der Waals surface area contributed by atoms with E-state index in [0.29, 0.717) is 22.9 Å². The minimum absolute atomic E-state index is 0.0598. The lowest BCUT2D eigenvalue weighted by Crippen LogP contribution is -2.22. The zero-order valence-corrected chi connectivity index (χ0v) is 16.7. The molecule has 0 bridgehead atoms. The van der Waals surface area contributed by atoms with Gasteiger partial charge in [-0.05, 0) is 56.0 Å². The number of anilines is 3. The quantitative estimate of drug-likeness (QED) is 0.618. The predicted molar refractivity (Wildman–Crippen MR) is 110 cm³/mol. The maximum Gasteiger partial charge on any atom is 0.341 e. The third kappa shape index (κ3) is 4.69. The standard InChI is InChI=1S/C20H23N3O4S/c1-3-27-20(26)18-15-5-4-6-16(15)28-19(18)23-17(25)11-21-13-7-9-14(10-8-13)22-12(2)24/h7-10,21H,3-6,11H2,1-2H3,(H,22,24)(H,23,25). The molecule has 1 aromatic carbocycles. The van der Waals surface area contributed by atoms with E-state index in [4.69, 9.17) is 4.74 Å². The number of carbonyl (C=O) groups is 3. The molecule has 1 aromatic heterocycles. The molecule has 28 heavy (non-hydrogen) atoms. The number of nitrogens with one attached hydrogen (secondary N) is 3. The van der Waals surface area contributed by atoms with Gasteiger partial charge < -0.3 is 20.7 Å². The fraction of sp³-hybridized carbons (Fsp3) is 0.350. The average Bonchev–Trinajstić information content (AvgIpc) is 3.21. The van der Waals surface area contributed by atoms with Crippen LogP contribution in [0.1, 0.15) is 41.1 Å². The van der Waals surface area contributed by atoms with E-state index in [0.717, 1.165) is 35.4 Å². The van der Waals surface area contributed by atoms with Gasteiger partial charge in [-0.15, -0.1) is 11.3 Å². The van der Waals surface area contributed by atoms with E-state index in [-0.39, 0.29) is 24.3 Å². The second-order valence-corrected chi connectivity index (χ2v) is 7.55. The minimum Gasteiger partial charge on any atom is -0.462 e. The minimum atomic E-state index is -0.376. The monoisotopic (exact) mass is 401 g/mol. The molecule has 0 spiro atoms. The van der Waals surface area contributed by atoms with E-state index in [2.05, 4.69) is 16.0 Å². The molecule has 3 rings (SSSR count). The van der Waals surface area contributed by atoms with Crippen LogP contribution in [0.2, 0.25) is 0 Å². The summed E-state index contributed by atoms with van der Waals surface area (Å²) in [6.45, 7) is 3.57. The largest absolute Gasteiger partial charge is 0.462 e. The summed E-state index contributed by atoms with van der Waals surface area (Å²) in [6.07, 6.45) is 2.80. The van der Waals surface area contributed by atoms with Crippen molar-refractivity contribution in [1.82, 2.24) is 0 Å². The summed E-state index contributed by atoms with van der Waals surface area (Å²) in [5.41, 5.74) is 2.96. The van der Waals surface area contributed by atoms with Crippen molar-refractivity contribution in [1.29, 1.82) is 0 Å². The maximum absolute atomic E-state index is 12.4. The Labute approximate surface area is 167 Å². The van der Waals surface area contributed by atoms with Gasteiger partial charge >= 0.3 is 5.97 Å². The smallest absolute Gasteiger partial charge is 0.341 e. The Kier molecular flexibility index (Phi) is 6.30. The van der Waals surface area contributed by atoms with Gasteiger partial charge in [0, 0.05) is 23.2 Å². The lowest BCUT2D eigenvalue weighted by Gasteiger charge is -2.10. The Hall–Kier alpha value is -2.87. The molecule has 0 radical (unpaired) electrons. The van der Waals surface area contributed by atoms with E-state index >= 15 is 0 Å². The van der Waals surface area contributed by atoms with E-state index in [1.807, 2.05) is 0 Å². The SMILES string of the molecule is CCOC(=O)c1c(NC(=O)CNc2ccc(NC(C)=O)cc2)sc2c1CCC2. The highest BCUT2D eigenvalue weighted by atomic mass is 32.1. The van der Waals surface area contributed by atoms with Gasteiger partial charge in [0.2, 0.25) is 11.8 Å². The number of amides is 2. The number of esters is 1. The summed E-state index contributed by atoms with van der Waals surface area (Å²) in [7, 11) is 0. The summed E-state index contributed by atoms with van der Waals surface area (Å²) >= 11 is 1.46. The fourth-order valence-electron chi connectivity index (χ4n) is 3.14. The van der Waals surface area contributed by atoms with Crippen LogP contribution in [-0.2, 0) is 27.2 Å². The van der Waals surface area contributed by atoms with Crippen LogP contribution in [0, 0.1) is 0 Å². The summed E-state index contributed by atoms with van der Waals surface area (Å²) in [5, 5.41) is 9.13. The first-order valence-electron chi connectivity index (χ1n) is 9.21. The lowest BCUT2D eigenvalue weighted by atomic mass is 10.1. The second-order valence-electron chi connectivity index (χ2n) is 6.44. The molecule has 0 unspecified atom stereocenters. The molecule has 0 aliphatic heterocycles. The third-order valence-corrected chi connectivity index (χ3v) is 5.52. The lowest BCUT2D eigenvalue weighted by molar-refractivity contribution is -0.115. The summed E-state index contributed by atoms with van der Waals surface area (Å²) in [5.74, 6) is -0.754. The molecule has 148 valence electrons. The van der Waals surface area contributed by atoms with E-state index in [1.165, 1.54) is 18.3 Å². The molecule has 0 atom stereocenters. The van der Waals surface area contributed by atoms with Crippen molar-refractivity contribution in [2.24, 2.45) is 0 Å². The van der Waals surface area contributed by atoms with Crippen LogP contribution in [0.4, 0.5) is 16.4 Å². The number of rotatable bonds is 7. The third-order valence-electron chi connectivity index (χ3n) is 4.31. The Morgan fingerprint density at radius 3 is 2.46 bits per heavy atom. The zero-order valence-electron chi connectivity index (χ0n) is 15.9. The number of carbonyl (C=O) groups excluding carboxylic acids is 3. The summed E-state index contributed by atoms with van der Waals surface area (Å²) < 4.78 is 5.17. The molecule has 2 amide bonds. The maximum atomic E-state index is 12.4. The summed E-state index contributed by atoms with van der Waals surface area (Å²) in [4.78, 5) is 36.9. The highest BCUT2D eigenvalue weighted by Gasteiger charge is 2.28. The Morgan fingerprint density at radius 1 is 1.07 bits per heavy atom. The van der Waals surface area contributed by atoms with Crippen LogP contribution >= 0.6 is 11.3 Å². The predicted octanol–water partition coefficient (Wildman–Crippen LogP) is 3.42. The highest BCUT2D eigenvalue weighted by Crippen LogP contribution is 2.39. The molecule has 8 heteroatoms. The number of hydrogen-bond acceptors (Lipinski definition) is 6. The van der Waals surface area contributed by atoms with Gasteiger partial charge in [-0.3, -0.25) is 9.59 Å². The molecule has 1 heterocycles. The van der Waals surface area contributed by atoms with Crippen molar-refractivity contribution in [3.05, 3.63) is 40.3 Å². The van der Waals surface area contributed by atoms with Crippen molar-refractivity contribution < 1.29 is 19.1 Å². The molecule has 0 saturated carbocycles. The van der Waals surface area contributed by atoms with Crippen LogP contribution in [0.5, 0.6) is 0 Å². The molecule has 0 fully saturated rings. The van der Waals surface area contributed by atoms with Crippen LogP contribution in [0.3, 0.4) is 0 Å². The first-order valence-corrected chi connectivity index (χ1v) is 10.0. The van der Waals surface area contributed by atoms with Crippen molar-refractivity contribution >= 4 is 45.5 Å². The Bertz CT molecular complexity index is 890. The summed E-state index contributed by atoms with van der Waals surface area (Å²) in [6, 6.07) is 7.07. The normalized spacial score (nSPS) is 12.2. The topological polar surface area (TPSA) is 96.5 Å². The number of ether oxygens (including phenoxy) is 1. The first kappa shape index (κ1) is 19.9. The second kappa shape index (κ2) is 8.88. The molecule has 1 aliphatic carbocycles. The van der Waals surface area contributed by atoms with Gasteiger partial charge in [-0.2, -0.15) is 0 Å². The number of aryl methyl sites for hydroxylation is 1. The molecule has 7 nitrogen and oxygen atoms in total. The van der Waals surface area contributed by atoms with Gasteiger partial charge in [0.05, 0.1) is 18.7 Å². The van der Waals surface area contributed by atoms with Crippen LogP contribution < -0.4 is 16.0 Å². The molecule has 2 aromatic rings. The molecular weight excluding hydrogens is 378 g/mol. The zero-order chi connectivity index (χ0) is 20.1.